The molecular formula is C13H11F3N4O. The van der Waals surface area contributed by atoms with Crippen molar-refractivity contribution < 1.29 is 18.0 Å². The summed E-state index contributed by atoms with van der Waals surface area (Å²) in [6.07, 6.45) is -3.60. The summed E-state index contributed by atoms with van der Waals surface area (Å²) in [5, 5.41) is 2.41. The van der Waals surface area contributed by atoms with Crippen LogP contribution in [-0.4, -0.2) is 10.9 Å². The van der Waals surface area contributed by atoms with E-state index in [2.05, 4.69) is 10.3 Å². The van der Waals surface area contributed by atoms with Crippen LogP contribution in [0, 0.1) is 0 Å². The number of nitrogens with two attached hydrogens (primary N) is 2. The lowest BCUT2D eigenvalue weighted by Gasteiger charge is -2.09. The zero-order valence-corrected chi connectivity index (χ0v) is 10.6. The number of rotatable bonds is 2. The van der Waals surface area contributed by atoms with Gasteiger partial charge in [-0.15, -0.1) is 0 Å². The highest BCUT2D eigenvalue weighted by Gasteiger charge is 2.32. The minimum Gasteiger partial charge on any atom is -0.399 e. The van der Waals surface area contributed by atoms with Crippen molar-refractivity contribution in [1.82, 2.24) is 4.98 Å². The first-order valence-corrected chi connectivity index (χ1v) is 5.77. The molecule has 1 amide bonds. The van der Waals surface area contributed by atoms with Crippen molar-refractivity contribution in [1.29, 1.82) is 0 Å². The van der Waals surface area contributed by atoms with Crippen LogP contribution in [-0.2, 0) is 6.18 Å². The van der Waals surface area contributed by atoms with Gasteiger partial charge in [-0.25, -0.2) is 4.98 Å². The summed E-state index contributed by atoms with van der Waals surface area (Å²) < 4.78 is 37.1. The molecule has 0 aliphatic rings. The number of carbonyl (C=O) groups is 1. The number of pyridine rings is 1. The van der Waals surface area contributed by atoms with Crippen LogP contribution in [0.3, 0.4) is 0 Å². The van der Waals surface area contributed by atoms with E-state index in [1.807, 2.05) is 0 Å². The van der Waals surface area contributed by atoms with Crippen molar-refractivity contribution in [3.63, 3.8) is 0 Å². The van der Waals surface area contributed by atoms with Crippen LogP contribution in [0.2, 0.25) is 0 Å². The molecule has 5 nitrogen and oxygen atoms in total. The monoisotopic (exact) mass is 296 g/mol. The molecule has 0 aliphatic carbocycles. The average Bonchev–Trinajstić information content (AvgIpc) is 2.38. The molecule has 0 aliphatic heterocycles. The number of hydrogen-bond donors (Lipinski definition) is 3. The molecule has 0 bridgehead atoms. The highest BCUT2D eigenvalue weighted by Crippen LogP contribution is 2.28. The number of halogens is 3. The van der Waals surface area contributed by atoms with Gasteiger partial charge in [-0.3, -0.25) is 4.79 Å². The fourth-order valence-corrected chi connectivity index (χ4v) is 1.62. The van der Waals surface area contributed by atoms with E-state index in [0.717, 1.165) is 18.3 Å². The summed E-state index contributed by atoms with van der Waals surface area (Å²) >= 11 is 0. The van der Waals surface area contributed by atoms with E-state index >= 15 is 0 Å². The van der Waals surface area contributed by atoms with E-state index in [-0.39, 0.29) is 16.9 Å². The van der Waals surface area contributed by atoms with Gasteiger partial charge in [0.05, 0.1) is 17.4 Å². The molecule has 0 saturated carbocycles. The average molecular weight is 296 g/mol. The molecule has 0 unspecified atom stereocenters. The maximum absolute atomic E-state index is 12.4. The summed E-state index contributed by atoms with van der Waals surface area (Å²) in [6.45, 7) is 0. The first kappa shape index (κ1) is 14.6. The number of hydrogen-bond acceptors (Lipinski definition) is 4. The highest BCUT2D eigenvalue weighted by atomic mass is 19.4. The Bertz CT molecular complexity index is 668. The van der Waals surface area contributed by atoms with Gasteiger partial charge in [-0.1, -0.05) is 0 Å². The molecule has 8 heteroatoms. The smallest absolute Gasteiger partial charge is 0.399 e. The Morgan fingerprint density at radius 3 is 2.38 bits per heavy atom. The molecule has 1 aromatic carbocycles. The third-order valence-corrected chi connectivity index (χ3v) is 2.63. The Morgan fingerprint density at radius 1 is 1.14 bits per heavy atom. The summed E-state index contributed by atoms with van der Waals surface area (Å²) in [5.41, 5.74) is 11.0. The Labute approximate surface area is 117 Å². The number of anilines is 3. The number of nitrogens with zero attached hydrogens (tertiary/aromatic N) is 1. The molecule has 2 rings (SSSR count). The van der Waals surface area contributed by atoms with E-state index in [9.17, 15) is 18.0 Å². The third kappa shape index (κ3) is 3.41. The highest BCUT2D eigenvalue weighted by molar-refractivity contribution is 6.07. The Morgan fingerprint density at radius 2 is 1.86 bits per heavy atom. The fraction of sp³-hybridized carbons (Fsp3) is 0.0769. The van der Waals surface area contributed by atoms with Crippen molar-refractivity contribution in [3.05, 3.63) is 47.8 Å². The van der Waals surface area contributed by atoms with Gasteiger partial charge in [0.2, 0.25) is 0 Å². The molecular weight excluding hydrogens is 285 g/mol. The van der Waals surface area contributed by atoms with Crippen LogP contribution in [0.25, 0.3) is 0 Å². The van der Waals surface area contributed by atoms with Gasteiger partial charge in [-0.2, -0.15) is 13.2 Å². The van der Waals surface area contributed by atoms with Crippen LogP contribution in [0.15, 0.2) is 36.5 Å². The lowest BCUT2D eigenvalue weighted by Crippen LogP contribution is -2.15. The van der Waals surface area contributed by atoms with E-state index in [1.54, 1.807) is 0 Å². The molecule has 0 fully saturated rings. The number of alkyl halides is 3. The molecule has 5 N–H and O–H groups in total. The predicted molar refractivity (Wildman–Crippen MR) is 72.5 cm³/mol. The van der Waals surface area contributed by atoms with Crippen molar-refractivity contribution in [2.24, 2.45) is 0 Å². The summed E-state index contributed by atoms with van der Waals surface area (Å²) in [4.78, 5) is 15.2. The maximum Gasteiger partial charge on any atom is 0.433 e. The Balaban J connectivity index is 2.16. The van der Waals surface area contributed by atoms with Crippen molar-refractivity contribution in [2.45, 2.75) is 6.18 Å². The molecule has 2 aromatic rings. The van der Waals surface area contributed by atoms with E-state index in [4.69, 9.17) is 11.5 Å². The quantitative estimate of drug-likeness (QED) is 0.742. The molecule has 1 heterocycles. The number of nitrogen functional groups attached to an aromatic ring is 2. The van der Waals surface area contributed by atoms with Crippen LogP contribution in [0.5, 0.6) is 0 Å². The standard InChI is InChI=1S/C13H11F3N4O/c14-13(15,16)11-4-2-8(6-19-11)20-12(21)9-3-1-7(17)5-10(9)18/h1-6H,17-18H2,(H,20,21). The summed E-state index contributed by atoms with van der Waals surface area (Å²) in [6, 6.07) is 6.23. The zero-order valence-electron chi connectivity index (χ0n) is 10.6. The van der Waals surface area contributed by atoms with Crippen LogP contribution < -0.4 is 16.8 Å². The Kier molecular flexibility index (Phi) is 3.70. The lowest BCUT2D eigenvalue weighted by atomic mass is 10.1. The van der Waals surface area contributed by atoms with Gasteiger partial charge in [0, 0.05) is 11.4 Å². The van der Waals surface area contributed by atoms with Gasteiger partial charge < -0.3 is 16.8 Å². The SMILES string of the molecule is Nc1ccc(C(=O)Nc2ccc(C(F)(F)F)nc2)c(N)c1. The normalized spacial score (nSPS) is 11.2. The molecule has 0 atom stereocenters. The molecule has 0 spiro atoms. The van der Waals surface area contributed by atoms with Gasteiger partial charge in [0.15, 0.2) is 0 Å². The van der Waals surface area contributed by atoms with E-state index < -0.39 is 17.8 Å². The van der Waals surface area contributed by atoms with Crippen molar-refractivity contribution >= 4 is 23.0 Å². The van der Waals surface area contributed by atoms with E-state index in [0.29, 0.717) is 5.69 Å². The molecule has 21 heavy (non-hydrogen) atoms. The second-order valence-corrected chi connectivity index (χ2v) is 4.23. The maximum atomic E-state index is 12.4. The molecule has 1 aromatic heterocycles. The Hall–Kier alpha value is -2.77. The largest absolute Gasteiger partial charge is 0.433 e. The minimum atomic E-state index is -4.52. The van der Waals surface area contributed by atoms with Crippen LogP contribution in [0.1, 0.15) is 16.1 Å². The number of carbonyl (C=O) groups excluding carboxylic acids is 1. The second-order valence-electron chi connectivity index (χ2n) is 4.23. The van der Waals surface area contributed by atoms with Gasteiger partial charge in [0.25, 0.3) is 5.91 Å². The summed E-state index contributed by atoms with van der Waals surface area (Å²) in [5.74, 6) is -0.561. The van der Waals surface area contributed by atoms with Gasteiger partial charge in [0.1, 0.15) is 5.69 Å². The zero-order chi connectivity index (χ0) is 15.6. The molecule has 0 radical (unpaired) electrons. The third-order valence-electron chi connectivity index (χ3n) is 2.63. The molecule has 110 valence electrons. The van der Waals surface area contributed by atoms with Crippen molar-refractivity contribution in [2.75, 3.05) is 16.8 Å². The van der Waals surface area contributed by atoms with Gasteiger partial charge in [-0.05, 0) is 30.3 Å². The number of aromatic nitrogens is 1. The van der Waals surface area contributed by atoms with Gasteiger partial charge >= 0.3 is 6.18 Å². The van der Waals surface area contributed by atoms with Crippen LogP contribution >= 0.6 is 0 Å². The number of benzene rings is 1. The van der Waals surface area contributed by atoms with Crippen LogP contribution in [0.4, 0.5) is 30.2 Å². The lowest BCUT2D eigenvalue weighted by molar-refractivity contribution is -0.141. The topological polar surface area (TPSA) is 94.0 Å². The molecule has 0 saturated heterocycles. The van der Waals surface area contributed by atoms with E-state index in [1.165, 1.54) is 18.2 Å². The first-order chi connectivity index (χ1) is 9.77. The predicted octanol–water partition coefficient (Wildman–Crippen LogP) is 2.52. The fourth-order valence-electron chi connectivity index (χ4n) is 1.62. The number of nitrogens with one attached hydrogen (secondary N) is 1. The first-order valence-electron chi connectivity index (χ1n) is 5.77. The number of amides is 1. The summed E-state index contributed by atoms with van der Waals surface area (Å²) in [7, 11) is 0. The second kappa shape index (κ2) is 5.31. The minimum absolute atomic E-state index is 0.129. The van der Waals surface area contributed by atoms with Crippen molar-refractivity contribution in [3.8, 4) is 0 Å².